The Morgan fingerprint density at radius 2 is 1.85 bits per heavy atom. The van der Waals surface area contributed by atoms with Gasteiger partial charge in [0.1, 0.15) is 5.75 Å². The minimum atomic E-state index is -3.28. The molecule has 0 aliphatic heterocycles. The number of benzene rings is 1. The number of sulfonamides is 1. The first-order valence-corrected chi connectivity index (χ1v) is 8.01. The van der Waals surface area contributed by atoms with Gasteiger partial charge in [-0.2, -0.15) is 0 Å². The zero-order valence-corrected chi connectivity index (χ0v) is 12.9. The largest absolute Gasteiger partial charge is 0.484 e. The molecule has 0 saturated carbocycles. The lowest BCUT2D eigenvalue weighted by Crippen LogP contribution is -2.34. The van der Waals surface area contributed by atoms with Crippen LogP contribution in [-0.4, -0.2) is 40.3 Å². The average Bonchev–Trinajstić information content (AvgIpc) is 2.34. The van der Waals surface area contributed by atoms with E-state index in [1.807, 2.05) is 13.8 Å². The summed E-state index contributed by atoms with van der Waals surface area (Å²) in [5.74, 6) is 0.312. The second-order valence-corrected chi connectivity index (χ2v) is 6.75. The van der Waals surface area contributed by atoms with Gasteiger partial charge >= 0.3 is 0 Å². The quantitative estimate of drug-likeness (QED) is 0.850. The molecular weight excluding hydrogens is 280 g/mol. The van der Waals surface area contributed by atoms with Crippen LogP contribution in [0.3, 0.4) is 0 Å². The van der Waals surface area contributed by atoms with Gasteiger partial charge in [0, 0.05) is 13.1 Å². The predicted octanol–water partition coefficient (Wildman–Crippen LogP) is 0.986. The third kappa shape index (κ3) is 5.08. The van der Waals surface area contributed by atoms with Crippen molar-refractivity contribution >= 4 is 21.6 Å². The molecule has 1 amide bonds. The summed E-state index contributed by atoms with van der Waals surface area (Å²) in [6, 6.07) is 6.56. The van der Waals surface area contributed by atoms with Crippen LogP contribution in [0.4, 0.5) is 5.69 Å². The van der Waals surface area contributed by atoms with Gasteiger partial charge in [0.25, 0.3) is 5.91 Å². The molecule has 0 spiro atoms. The Labute approximate surface area is 119 Å². The molecule has 1 aromatic rings. The topological polar surface area (TPSA) is 75.7 Å². The van der Waals surface area contributed by atoms with Crippen molar-refractivity contribution in [3.63, 3.8) is 0 Å². The highest BCUT2D eigenvalue weighted by molar-refractivity contribution is 7.92. The Hall–Kier alpha value is -1.76. The van der Waals surface area contributed by atoms with Crippen LogP contribution in [0, 0.1) is 0 Å². The second-order valence-electron chi connectivity index (χ2n) is 4.74. The lowest BCUT2D eigenvalue weighted by molar-refractivity contribution is -0.123. The average molecular weight is 300 g/mol. The number of hydrogen-bond donors (Lipinski definition) is 1. The zero-order chi connectivity index (χ0) is 15.3. The van der Waals surface area contributed by atoms with Gasteiger partial charge in [-0.3, -0.25) is 9.10 Å². The number of amides is 1. The van der Waals surface area contributed by atoms with E-state index in [4.69, 9.17) is 4.74 Å². The first kappa shape index (κ1) is 16.3. The second kappa shape index (κ2) is 6.60. The van der Waals surface area contributed by atoms with Gasteiger partial charge in [-0.05, 0) is 38.1 Å². The number of ether oxygens (including phenoxy) is 1. The van der Waals surface area contributed by atoms with E-state index in [2.05, 4.69) is 5.32 Å². The summed E-state index contributed by atoms with van der Waals surface area (Å²) in [5, 5.41) is 2.71. The summed E-state index contributed by atoms with van der Waals surface area (Å²) in [7, 11) is -1.81. The van der Waals surface area contributed by atoms with Gasteiger partial charge in [0.05, 0.1) is 11.9 Å². The Morgan fingerprint density at radius 1 is 1.30 bits per heavy atom. The van der Waals surface area contributed by atoms with Crippen LogP contribution < -0.4 is 14.4 Å². The number of nitrogens with zero attached hydrogens (tertiary/aromatic N) is 1. The first-order valence-electron chi connectivity index (χ1n) is 6.16. The molecule has 1 rings (SSSR count). The molecule has 0 radical (unpaired) electrons. The standard InChI is InChI=1S/C13H20N2O4S/c1-10(2)14-13(16)9-19-12-7-5-11(6-8-12)15(3)20(4,17)18/h5-8,10H,9H2,1-4H3,(H,14,16). The summed E-state index contributed by atoms with van der Waals surface area (Å²) in [6.07, 6.45) is 1.13. The van der Waals surface area contributed by atoms with E-state index < -0.39 is 10.0 Å². The lowest BCUT2D eigenvalue weighted by Gasteiger charge is -2.17. The Morgan fingerprint density at radius 3 is 2.30 bits per heavy atom. The number of rotatable bonds is 6. The van der Waals surface area contributed by atoms with Crippen molar-refractivity contribution in [2.45, 2.75) is 19.9 Å². The molecule has 0 fully saturated rings. The third-order valence-corrected chi connectivity index (χ3v) is 3.72. The smallest absolute Gasteiger partial charge is 0.258 e. The molecule has 0 aliphatic rings. The predicted molar refractivity (Wildman–Crippen MR) is 78.5 cm³/mol. The molecule has 20 heavy (non-hydrogen) atoms. The van der Waals surface area contributed by atoms with Crippen LogP contribution in [0.15, 0.2) is 24.3 Å². The molecule has 112 valence electrons. The van der Waals surface area contributed by atoms with E-state index in [0.29, 0.717) is 11.4 Å². The summed E-state index contributed by atoms with van der Waals surface area (Å²) in [5.41, 5.74) is 0.534. The minimum absolute atomic E-state index is 0.0666. The normalized spacial score (nSPS) is 11.2. The Balaban J connectivity index is 2.62. The van der Waals surface area contributed by atoms with E-state index in [-0.39, 0.29) is 18.6 Å². The summed E-state index contributed by atoms with van der Waals surface area (Å²) in [4.78, 5) is 11.4. The number of carbonyl (C=O) groups is 1. The molecule has 0 heterocycles. The summed E-state index contributed by atoms with van der Waals surface area (Å²) < 4.78 is 29.2. The van der Waals surface area contributed by atoms with E-state index in [1.165, 1.54) is 11.4 Å². The van der Waals surface area contributed by atoms with Gasteiger partial charge < -0.3 is 10.1 Å². The van der Waals surface area contributed by atoms with E-state index in [1.54, 1.807) is 24.3 Å². The van der Waals surface area contributed by atoms with Gasteiger partial charge in [0.15, 0.2) is 6.61 Å². The number of nitrogens with one attached hydrogen (secondary N) is 1. The van der Waals surface area contributed by atoms with Crippen LogP contribution in [0.2, 0.25) is 0 Å². The van der Waals surface area contributed by atoms with Crippen LogP contribution >= 0.6 is 0 Å². The molecule has 1 N–H and O–H groups in total. The van der Waals surface area contributed by atoms with E-state index in [9.17, 15) is 13.2 Å². The van der Waals surface area contributed by atoms with Gasteiger partial charge in [0.2, 0.25) is 10.0 Å². The van der Waals surface area contributed by atoms with Gasteiger partial charge in [-0.1, -0.05) is 0 Å². The fraction of sp³-hybridized carbons (Fsp3) is 0.462. The minimum Gasteiger partial charge on any atom is -0.484 e. The van der Waals surface area contributed by atoms with Crippen molar-refractivity contribution in [2.24, 2.45) is 0 Å². The van der Waals surface area contributed by atoms with Crippen molar-refractivity contribution in [3.8, 4) is 5.75 Å². The fourth-order valence-electron chi connectivity index (χ4n) is 1.46. The van der Waals surface area contributed by atoms with Crippen LogP contribution in [0.5, 0.6) is 5.75 Å². The maximum Gasteiger partial charge on any atom is 0.258 e. The first-order chi connectivity index (χ1) is 9.20. The Kier molecular flexibility index (Phi) is 5.38. The van der Waals surface area contributed by atoms with Crippen molar-refractivity contribution < 1.29 is 17.9 Å². The molecule has 0 unspecified atom stereocenters. The van der Waals surface area contributed by atoms with Crippen LogP contribution in [0.25, 0.3) is 0 Å². The third-order valence-electron chi connectivity index (χ3n) is 2.52. The SMILES string of the molecule is CC(C)NC(=O)COc1ccc(N(C)S(C)(=O)=O)cc1. The molecule has 7 heteroatoms. The monoisotopic (exact) mass is 300 g/mol. The number of carbonyl (C=O) groups excluding carboxylic acids is 1. The van der Waals surface area contributed by atoms with Crippen LogP contribution in [0.1, 0.15) is 13.8 Å². The maximum atomic E-state index is 11.4. The van der Waals surface area contributed by atoms with Crippen LogP contribution in [-0.2, 0) is 14.8 Å². The highest BCUT2D eigenvalue weighted by Crippen LogP contribution is 2.20. The molecule has 0 atom stereocenters. The maximum absolute atomic E-state index is 11.4. The van der Waals surface area contributed by atoms with Crippen molar-refractivity contribution in [3.05, 3.63) is 24.3 Å². The zero-order valence-electron chi connectivity index (χ0n) is 12.1. The fourth-order valence-corrected chi connectivity index (χ4v) is 1.96. The summed E-state index contributed by atoms with van der Waals surface area (Å²) in [6.45, 7) is 3.67. The molecule has 6 nitrogen and oxygen atoms in total. The molecule has 0 aromatic heterocycles. The van der Waals surface area contributed by atoms with Crippen molar-refractivity contribution in [1.82, 2.24) is 5.32 Å². The molecule has 0 bridgehead atoms. The van der Waals surface area contributed by atoms with Gasteiger partial charge in [-0.25, -0.2) is 8.42 Å². The number of hydrogen-bond acceptors (Lipinski definition) is 4. The number of anilines is 1. The van der Waals surface area contributed by atoms with Crippen molar-refractivity contribution in [2.75, 3.05) is 24.2 Å². The molecule has 0 aliphatic carbocycles. The summed E-state index contributed by atoms with van der Waals surface area (Å²) >= 11 is 0. The molecule has 1 aromatic carbocycles. The van der Waals surface area contributed by atoms with E-state index >= 15 is 0 Å². The molecular formula is C13H20N2O4S. The highest BCUT2D eigenvalue weighted by atomic mass is 32.2. The Bertz CT molecular complexity index is 552. The molecule has 0 saturated heterocycles. The van der Waals surface area contributed by atoms with Gasteiger partial charge in [-0.15, -0.1) is 0 Å². The van der Waals surface area contributed by atoms with E-state index in [0.717, 1.165) is 6.26 Å². The van der Waals surface area contributed by atoms with Crippen molar-refractivity contribution in [1.29, 1.82) is 0 Å². The highest BCUT2D eigenvalue weighted by Gasteiger charge is 2.11. The lowest BCUT2D eigenvalue weighted by atomic mass is 10.3.